The monoisotopic (exact) mass is 490 g/mol. The smallest absolute Gasteiger partial charge is 0.146 e. The number of hydrogen-bond donors (Lipinski definition) is 0. The van der Waals surface area contributed by atoms with Gasteiger partial charge in [0.25, 0.3) is 0 Å². The molecule has 0 heterocycles. The molecular weight excluding hydrogens is 451 g/mol. The van der Waals surface area contributed by atoms with E-state index in [0.29, 0.717) is 10.9 Å². The molecule has 0 atom stereocenters. The number of hydrogen-bond acceptors (Lipinski definition) is 0. The highest BCUT2D eigenvalue weighted by atomic mass is 19.1. The second-order valence-electron chi connectivity index (χ2n) is 10.1. The van der Waals surface area contributed by atoms with Crippen LogP contribution in [0, 0.1) is 17.7 Å². The van der Waals surface area contributed by atoms with E-state index in [0.717, 1.165) is 23.8 Å². The number of fused-ring (bicyclic) bond motifs is 1. The van der Waals surface area contributed by atoms with Gasteiger partial charge in [0.1, 0.15) is 5.82 Å². The number of aryl methyl sites for hydroxylation is 2. The second kappa shape index (κ2) is 13.8. The molecule has 190 valence electrons. The highest BCUT2D eigenvalue weighted by Crippen LogP contribution is 2.24. The summed E-state index contributed by atoms with van der Waals surface area (Å²) in [6, 6.07) is 27.0. The highest BCUT2D eigenvalue weighted by Gasteiger charge is 2.07. The molecule has 0 N–H and O–H groups in total. The number of benzene rings is 4. The van der Waals surface area contributed by atoms with Gasteiger partial charge < -0.3 is 0 Å². The van der Waals surface area contributed by atoms with Crippen molar-refractivity contribution in [1.82, 2.24) is 0 Å². The lowest BCUT2D eigenvalue weighted by Crippen LogP contribution is -1.90. The Morgan fingerprint density at radius 1 is 0.568 bits per heavy atom. The van der Waals surface area contributed by atoms with Crippen molar-refractivity contribution in [2.75, 3.05) is 0 Å². The van der Waals surface area contributed by atoms with Crippen molar-refractivity contribution in [1.29, 1.82) is 0 Å². The molecule has 0 aliphatic heterocycles. The van der Waals surface area contributed by atoms with Crippen LogP contribution in [0.4, 0.5) is 4.39 Å². The summed E-state index contributed by atoms with van der Waals surface area (Å²) in [4.78, 5) is 0. The van der Waals surface area contributed by atoms with Crippen LogP contribution in [0.15, 0.2) is 78.9 Å². The lowest BCUT2D eigenvalue weighted by molar-refractivity contribution is 0.636. The van der Waals surface area contributed by atoms with Gasteiger partial charge in [-0.05, 0) is 71.5 Å². The van der Waals surface area contributed by atoms with Crippen molar-refractivity contribution < 1.29 is 4.39 Å². The van der Waals surface area contributed by atoms with Gasteiger partial charge in [-0.25, -0.2) is 4.39 Å². The van der Waals surface area contributed by atoms with Crippen LogP contribution in [0.1, 0.15) is 87.5 Å². The molecule has 4 rings (SSSR count). The molecule has 0 unspecified atom stereocenters. The van der Waals surface area contributed by atoms with Gasteiger partial charge in [-0.1, -0.05) is 125 Å². The number of unbranched alkanes of at least 4 members (excludes halogenated alkanes) is 6. The van der Waals surface area contributed by atoms with Crippen LogP contribution in [-0.2, 0) is 12.8 Å². The normalized spacial score (nSPS) is 10.9. The fraction of sp³-hybridized carbons (Fsp3) is 0.333. The molecule has 0 spiro atoms. The predicted octanol–water partition coefficient (Wildman–Crippen LogP) is 10.3. The molecule has 0 fully saturated rings. The van der Waals surface area contributed by atoms with E-state index in [-0.39, 0.29) is 5.82 Å². The molecule has 0 nitrogen and oxygen atoms in total. The Labute approximate surface area is 223 Å². The molecule has 0 saturated carbocycles. The molecule has 0 saturated heterocycles. The summed E-state index contributed by atoms with van der Waals surface area (Å²) in [6.45, 7) is 4.47. The van der Waals surface area contributed by atoms with E-state index in [1.54, 1.807) is 0 Å². The molecule has 0 radical (unpaired) electrons. The molecule has 1 heteroatoms. The lowest BCUT2D eigenvalue weighted by atomic mass is 9.99. The Morgan fingerprint density at radius 2 is 1.16 bits per heavy atom. The van der Waals surface area contributed by atoms with Gasteiger partial charge in [0.15, 0.2) is 0 Å². The minimum Gasteiger partial charge on any atom is -0.205 e. The average molecular weight is 491 g/mol. The molecule has 0 aliphatic carbocycles. The summed E-state index contributed by atoms with van der Waals surface area (Å²) in [5.41, 5.74) is 6.40. The maximum absolute atomic E-state index is 15.2. The summed E-state index contributed by atoms with van der Waals surface area (Å²) in [6.07, 6.45) is 12.3. The second-order valence-corrected chi connectivity index (χ2v) is 10.1. The van der Waals surface area contributed by atoms with Crippen LogP contribution in [0.2, 0.25) is 0 Å². The van der Waals surface area contributed by atoms with E-state index in [4.69, 9.17) is 0 Å². The molecule has 0 amide bonds. The Balaban J connectivity index is 1.41. The Hall–Kier alpha value is -3.37. The topological polar surface area (TPSA) is 0 Å². The van der Waals surface area contributed by atoms with Gasteiger partial charge in [-0.2, -0.15) is 0 Å². The van der Waals surface area contributed by atoms with Crippen LogP contribution in [0.5, 0.6) is 0 Å². The Morgan fingerprint density at radius 3 is 1.81 bits per heavy atom. The first kappa shape index (κ1) is 26.7. The van der Waals surface area contributed by atoms with Crippen LogP contribution < -0.4 is 0 Å². The van der Waals surface area contributed by atoms with E-state index < -0.39 is 0 Å². The van der Waals surface area contributed by atoms with Crippen molar-refractivity contribution in [3.8, 4) is 23.0 Å². The highest BCUT2D eigenvalue weighted by molar-refractivity contribution is 5.85. The largest absolute Gasteiger partial charge is 0.205 e. The van der Waals surface area contributed by atoms with Gasteiger partial charge in [-0.3, -0.25) is 0 Å². The van der Waals surface area contributed by atoms with Gasteiger partial charge in [0.2, 0.25) is 0 Å². The summed E-state index contributed by atoms with van der Waals surface area (Å²) < 4.78 is 15.2. The first-order chi connectivity index (χ1) is 18.2. The third-order valence-electron chi connectivity index (χ3n) is 7.17. The lowest BCUT2D eigenvalue weighted by Gasteiger charge is -2.06. The zero-order valence-corrected chi connectivity index (χ0v) is 22.5. The average Bonchev–Trinajstić information content (AvgIpc) is 2.94. The summed E-state index contributed by atoms with van der Waals surface area (Å²) >= 11 is 0. The zero-order chi connectivity index (χ0) is 25.9. The van der Waals surface area contributed by atoms with Crippen molar-refractivity contribution in [2.45, 2.75) is 78.1 Å². The number of halogens is 1. The van der Waals surface area contributed by atoms with Crippen LogP contribution in [0.25, 0.3) is 21.9 Å². The minimum absolute atomic E-state index is 0.228. The first-order valence-corrected chi connectivity index (χ1v) is 14.1. The molecule has 0 aromatic heterocycles. The van der Waals surface area contributed by atoms with Gasteiger partial charge in [-0.15, -0.1) is 0 Å². The minimum atomic E-state index is -0.228. The van der Waals surface area contributed by atoms with Crippen molar-refractivity contribution in [2.24, 2.45) is 0 Å². The van der Waals surface area contributed by atoms with E-state index in [1.165, 1.54) is 73.6 Å². The fourth-order valence-corrected chi connectivity index (χ4v) is 4.85. The Kier molecular flexibility index (Phi) is 9.96. The number of rotatable bonds is 11. The third-order valence-corrected chi connectivity index (χ3v) is 7.17. The SMILES string of the molecule is CCCCCCc1ccc(-c2ccc(C#Cc3ccc4cc(CCCCCC)ccc4c3F)cc2)cc1. The van der Waals surface area contributed by atoms with E-state index >= 15 is 4.39 Å². The summed E-state index contributed by atoms with van der Waals surface area (Å²) in [5.74, 6) is 5.98. The van der Waals surface area contributed by atoms with Crippen molar-refractivity contribution in [3.63, 3.8) is 0 Å². The van der Waals surface area contributed by atoms with Gasteiger partial charge in [0, 0.05) is 10.9 Å². The van der Waals surface area contributed by atoms with Crippen molar-refractivity contribution >= 4 is 10.8 Å². The van der Waals surface area contributed by atoms with Gasteiger partial charge >= 0.3 is 0 Å². The van der Waals surface area contributed by atoms with Crippen molar-refractivity contribution in [3.05, 3.63) is 107 Å². The Bertz CT molecular complexity index is 1330. The quantitative estimate of drug-likeness (QED) is 0.145. The zero-order valence-electron chi connectivity index (χ0n) is 22.5. The summed E-state index contributed by atoms with van der Waals surface area (Å²) in [5, 5.41) is 1.60. The molecule has 4 aromatic rings. The molecular formula is C36H39F. The van der Waals surface area contributed by atoms with E-state index in [2.05, 4.69) is 74.2 Å². The van der Waals surface area contributed by atoms with E-state index in [1.807, 2.05) is 30.3 Å². The van der Waals surface area contributed by atoms with E-state index in [9.17, 15) is 0 Å². The van der Waals surface area contributed by atoms with Crippen LogP contribution in [0.3, 0.4) is 0 Å². The molecule has 37 heavy (non-hydrogen) atoms. The fourth-order valence-electron chi connectivity index (χ4n) is 4.85. The summed E-state index contributed by atoms with van der Waals surface area (Å²) in [7, 11) is 0. The first-order valence-electron chi connectivity index (χ1n) is 14.1. The van der Waals surface area contributed by atoms with Crippen LogP contribution >= 0.6 is 0 Å². The van der Waals surface area contributed by atoms with Gasteiger partial charge in [0.05, 0.1) is 5.56 Å². The predicted molar refractivity (Wildman–Crippen MR) is 157 cm³/mol. The third kappa shape index (κ3) is 7.56. The molecule has 0 bridgehead atoms. The standard InChI is InChI=1S/C36H39F/c1-3-5-7-9-11-28-13-19-31(20-14-28)32-21-15-29(16-22-32)17-23-33-24-25-34-27-30(12-10-8-6-4-2)18-26-35(34)36(33)37/h13-16,18-22,24-27H,3-12H2,1-2H3. The van der Waals surface area contributed by atoms with Crippen LogP contribution in [-0.4, -0.2) is 0 Å². The maximum atomic E-state index is 15.2. The molecule has 4 aromatic carbocycles. The maximum Gasteiger partial charge on any atom is 0.146 e. The molecule has 0 aliphatic rings.